The summed E-state index contributed by atoms with van der Waals surface area (Å²) in [5, 5.41) is 3.18. The van der Waals surface area contributed by atoms with Crippen LogP contribution in [0.25, 0.3) is 0 Å². The normalized spacial score (nSPS) is 16.4. The number of halogens is 1. The SMILES string of the molecule is Cc1cc(F)ccc1OCC1CNC1. The second-order valence-corrected chi connectivity index (χ2v) is 3.75. The van der Waals surface area contributed by atoms with Crippen LogP contribution < -0.4 is 10.1 Å². The van der Waals surface area contributed by atoms with Crippen molar-refractivity contribution in [2.24, 2.45) is 5.92 Å². The van der Waals surface area contributed by atoms with E-state index in [0.717, 1.165) is 31.0 Å². The maximum Gasteiger partial charge on any atom is 0.123 e. The van der Waals surface area contributed by atoms with Crippen LogP contribution in [0.5, 0.6) is 5.75 Å². The molecule has 1 aromatic rings. The predicted molar refractivity (Wildman–Crippen MR) is 53.0 cm³/mol. The third kappa shape index (κ3) is 2.04. The molecule has 0 radical (unpaired) electrons. The molecule has 0 aliphatic carbocycles. The molecule has 76 valence electrons. The third-order valence-corrected chi connectivity index (χ3v) is 2.48. The van der Waals surface area contributed by atoms with Crippen molar-refractivity contribution in [3.8, 4) is 5.75 Å². The van der Waals surface area contributed by atoms with Crippen LogP contribution in [-0.4, -0.2) is 19.7 Å². The van der Waals surface area contributed by atoms with Gasteiger partial charge >= 0.3 is 0 Å². The van der Waals surface area contributed by atoms with Gasteiger partial charge in [0.25, 0.3) is 0 Å². The Morgan fingerprint density at radius 1 is 1.50 bits per heavy atom. The molecule has 0 bridgehead atoms. The Morgan fingerprint density at radius 2 is 2.29 bits per heavy atom. The largest absolute Gasteiger partial charge is 0.493 e. The first-order chi connectivity index (χ1) is 6.75. The number of ether oxygens (including phenoxy) is 1. The highest BCUT2D eigenvalue weighted by Gasteiger charge is 2.17. The van der Waals surface area contributed by atoms with Gasteiger partial charge in [-0.2, -0.15) is 0 Å². The molecule has 0 saturated carbocycles. The molecule has 1 heterocycles. The second-order valence-electron chi connectivity index (χ2n) is 3.75. The average molecular weight is 195 g/mol. The number of benzene rings is 1. The molecule has 1 fully saturated rings. The van der Waals surface area contributed by atoms with Crippen molar-refractivity contribution in [2.75, 3.05) is 19.7 Å². The zero-order valence-corrected chi connectivity index (χ0v) is 8.22. The van der Waals surface area contributed by atoms with Gasteiger partial charge in [0.15, 0.2) is 0 Å². The standard InChI is InChI=1S/C11H14FNO/c1-8-4-10(12)2-3-11(8)14-7-9-5-13-6-9/h2-4,9,13H,5-7H2,1H3. The van der Waals surface area contributed by atoms with Gasteiger partial charge in [0, 0.05) is 19.0 Å². The topological polar surface area (TPSA) is 21.3 Å². The lowest BCUT2D eigenvalue weighted by Crippen LogP contribution is -2.45. The number of hydrogen-bond acceptors (Lipinski definition) is 2. The second kappa shape index (κ2) is 3.96. The summed E-state index contributed by atoms with van der Waals surface area (Å²) in [5.74, 6) is 1.19. The van der Waals surface area contributed by atoms with E-state index in [9.17, 15) is 4.39 Å². The zero-order valence-electron chi connectivity index (χ0n) is 8.22. The smallest absolute Gasteiger partial charge is 0.123 e. The van der Waals surface area contributed by atoms with Crippen molar-refractivity contribution in [2.45, 2.75) is 6.92 Å². The fourth-order valence-corrected chi connectivity index (χ4v) is 1.45. The van der Waals surface area contributed by atoms with Gasteiger partial charge in [0.2, 0.25) is 0 Å². The Labute approximate surface area is 83.1 Å². The van der Waals surface area contributed by atoms with Gasteiger partial charge in [-0.1, -0.05) is 0 Å². The van der Waals surface area contributed by atoms with E-state index in [4.69, 9.17) is 4.74 Å². The van der Waals surface area contributed by atoms with E-state index in [2.05, 4.69) is 5.32 Å². The van der Waals surface area contributed by atoms with Gasteiger partial charge in [-0.15, -0.1) is 0 Å². The lowest BCUT2D eigenvalue weighted by atomic mass is 10.1. The van der Waals surface area contributed by atoms with Gasteiger partial charge in [-0.25, -0.2) is 4.39 Å². The average Bonchev–Trinajstić information content (AvgIpc) is 2.05. The molecule has 0 amide bonds. The van der Waals surface area contributed by atoms with Crippen molar-refractivity contribution in [3.63, 3.8) is 0 Å². The van der Waals surface area contributed by atoms with Gasteiger partial charge in [-0.05, 0) is 30.7 Å². The Bertz CT molecular complexity index is 323. The highest BCUT2D eigenvalue weighted by atomic mass is 19.1. The molecule has 0 aromatic heterocycles. The first-order valence-corrected chi connectivity index (χ1v) is 4.85. The van der Waals surface area contributed by atoms with E-state index < -0.39 is 0 Å². The van der Waals surface area contributed by atoms with Crippen LogP contribution in [0.1, 0.15) is 5.56 Å². The maximum absolute atomic E-state index is 12.8. The summed E-state index contributed by atoms with van der Waals surface area (Å²) in [6.07, 6.45) is 0. The summed E-state index contributed by atoms with van der Waals surface area (Å²) in [7, 11) is 0. The summed E-state index contributed by atoms with van der Waals surface area (Å²) in [6, 6.07) is 4.62. The van der Waals surface area contributed by atoms with Crippen LogP contribution >= 0.6 is 0 Å². The molecule has 1 N–H and O–H groups in total. The summed E-state index contributed by atoms with van der Waals surface area (Å²) >= 11 is 0. The van der Waals surface area contributed by atoms with E-state index in [-0.39, 0.29) is 5.82 Å². The van der Waals surface area contributed by atoms with E-state index in [0.29, 0.717) is 5.92 Å². The van der Waals surface area contributed by atoms with Crippen molar-refractivity contribution in [1.29, 1.82) is 0 Å². The van der Waals surface area contributed by atoms with E-state index in [1.807, 2.05) is 6.92 Å². The first kappa shape index (κ1) is 9.46. The summed E-state index contributed by atoms with van der Waals surface area (Å²) in [5.41, 5.74) is 0.859. The van der Waals surface area contributed by atoms with Crippen molar-refractivity contribution >= 4 is 0 Å². The molecule has 0 spiro atoms. The van der Waals surface area contributed by atoms with Crippen LogP contribution in [0.4, 0.5) is 4.39 Å². The Morgan fingerprint density at radius 3 is 2.86 bits per heavy atom. The van der Waals surface area contributed by atoms with Gasteiger partial charge < -0.3 is 10.1 Å². The Hall–Kier alpha value is -1.09. The summed E-state index contributed by atoms with van der Waals surface area (Å²) in [6.45, 7) is 4.64. The first-order valence-electron chi connectivity index (χ1n) is 4.85. The molecule has 1 aromatic carbocycles. The molecule has 1 saturated heterocycles. The fraction of sp³-hybridized carbons (Fsp3) is 0.455. The molecule has 14 heavy (non-hydrogen) atoms. The number of rotatable bonds is 3. The maximum atomic E-state index is 12.8. The molecule has 1 aliphatic heterocycles. The number of aryl methyl sites for hydroxylation is 1. The van der Waals surface area contributed by atoms with Gasteiger partial charge in [0.1, 0.15) is 11.6 Å². The Balaban J connectivity index is 1.94. The minimum atomic E-state index is -0.208. The highest BCUT2D eigenvalue weighted by molar-refractivity contribution is 5.32. The molecule has 2 rings (SSSR count). The van der Waals surface area contributed by atoms with E-state index in [1.54, 1.807) is 6.07 Å². The monoisotopic (exact) mass is 195 g/mol. The molecule has 1 aliphatic rings. The lowest BCUT2D eigenvalue weighted by molar-refractivity contribution is 0.198. The summed E-state index contributed by atoms with van der Waals surface area (Å²) in [4.78, 5) is 0. The minimum Gasteiger partial charge on any atom is -0.493 e. The van der Waals surface area contributed by atoms with Crippen molar-refractivity contribution < 1.29 is 9.13 Å². The number of nitrogens with one attached hydrogen (secondary N) is 1. The predicted octanol–water partition coefficient (Wildman–Crippen LogP) is 1.73. The van der Waals surface area contributed by atoms with Gasteiger partial charge in [-0.3, -0.25) is 0 Å². The van der Waals surface area contributed by atoms with Gasteiger partial charge in [0.05, 0.1) is 6.61 Å². The lowest BCUT2D eigenvalue weighted by Gasteiger charge is -2.27. The molecular formula is C11H14FNO. The van der Waals surface area contributed by atoms with E-state index in [1.165, 1.54) is 12.1 Å². The van der Waals surface area contributed by atoms with Crippen LogP contribution in [0.2, 0.25) is 0 Å². The molecule has 3 heteroatoms. The molecule has 0 unspecified atom stereocenters. The fourth-order valence-electron chi connectivity index (χ4n) is 1.45. The van der Waals surface area contributed by atoms with Crippen LogP contribution in [0.3, 0.4) is 0 Å². The van der Waals surface area contributed by atoms with Crippen LogP contribution in [0, 0.1) is 18.7 Å². The van der Waals surface area contributed by atoms with Crippen LogP contribution in [-0.2, 0) is 0 Å². The number of hydrogen-bond donors (Lipinski definition) is 1. The highest BCUT2D eigenvalue weighted by Crippen LogP contribution is 2.19. The molecular weight excluding hydrogens is 181 g/mol. The minimum absolute atomic E-state index is 0.208. The van der Waals surface area contributed by atoms with E-state index >= 15 is 0 Å². The molecule has 2 nitrogen and oxygen atoms in total. The summed E-state index contributed by atoms with van der Waals surface area (Å²) < 4.78 is 18.3. The third-order valence-electron chi connectivity index (χ3n) is 2.48. The molecule has 0 atom stereocenters. The van der Waals surface area contributed by atoms with Crippen molar-refractivity contribution in [1.82, 2.24) is 5.32 Å². The Kier molecular flexibility index (Phi) is 2.68. The zero-order chi connectivity index (χ0) is 9.97. The quantitative estimate of drug-likeness (QED) is 0.793. The van der Waals surface area contributed by atoms with Crippen LogP contribution in [0.15, 0.2) is 18.2 Å². The van der Waals surface area contributed by atoms with Crippen molar-refractivity contribution in [3.05, 3.63) is 29.6 Å².